The minimum atomic E-state index is -0.470. The van der Waals surface area contributed by atoms with Crippen molar-refractivity contribution in [2.24, 2.45) is 5.92 Å². The van der Waals surface area contributed by atoms with E-state index in [9.17, 15) is 14.9 Å². The Morgan fingerprint density at radius 2 is 2.05 bits per heavy atom. The number of nitrogens with one attached hydrogen (secondary N) is 1. The Bertz CT molecular complexity index is 561. The minimum absolute atomic E-state index is 0.0135. The number of aliphatic hydroxyl groups is 1. The van der Waals surface area contributed by atoms with Crippen LogP contribution in [-0.2, 0) is 11.3 Å². The molecule has 0 bridgehead atoms. The highest BCUT2D eigenvalue weighted by Gasteiger charge is 2.25. The maximum atomic E-state index is 12.1. The van der Waals surface area contributed by atoms with Gasteiger partial charge in [0.1, 0.15) is 17.9 Å². The third-order valence-corrected chi connectivity index (χ3v) is 4.29. The molecule has 1 aliphatic rings. The van der Waals surface area contributed by atoms with Crippen molar-refractivity contribution in [1.82, 2.24) is 15.1 Å². The van der Waals surface area contributed by atoms with Crippen molar-refractivity contribution in [3.8, 4) is 0 Å². The van der Waals surface area contributed by atoms with Gasteiger partial charge >= 0.3 is 5.69 Å². The van der Waals surface area contributed by atoms with Crippen molar-refractivity contribution in [3.05, 3.63) is 21.5 Å². The zero-order chi connectivity index (χ0) is 16.3. The fourth-order valence-corrected chi connectivity index (χ4v) is 3.00. The van der Waals surface area contributed by atoms with Crippen molar-refractivity contribution < 1.29 is 14.8 Å². The fourth-order valence-electron chi connectivity index (χ4n) is 3.00. The number of aliphatic hydroxyl groups excluding tert-OH is 1. The van der Waals surface area contributed by atoms with Gasteiger partial charge in [0.05, 0.1) is 4.92 Å². The molecule has 2 N–H and O–H groups in total. The van der Waals surface area contributed by atoms with Gasteiger partial charge in [-0.3, -0.25) is 19.6 Å². The van der Waals surface area contributed by atoms with Gasteiger partial charge in [-0.1, -0.05) is 0 Å². The van der Waals surface area contributed by atoms with Crippen LogP contribution >= 0.6 is 0 Å². The van der Waals surface area contributed by atoms with Crippen LogP contribution < -0.4 is 5.32 Å². The Balaban J connectivity index is 1.93. The molecule has 0 aliphatic heterocycles. The Kier molecular flexibility index (Phi) is 5.12. The van der Waals surface area contributed by atoms with E-state index in [1.165, 1.54) is 4.68 Å². The van der Waals surface area contributed by atoms with E-state index in [0.29, 0.717) is 17.3 Å². The second kappa shape index (κ2) is 6.87. The lowest BCUT2D eigenvalue weighted by Gasteiger charge is -2.27. The second-order valence-corrected chi connectivity index (χ2v) is 5.90. The average Bonchev–Trinajstić information content (AvgIpc) is 2.74. The van der Waals surface area contributed by atoms with Crippen LogP contribution in [0, 0.1) is 29.9 Å². The van der Waals surface area contributed by atoms with Gasteiger partial charge in [0.2, 0.25) is 5.91 Å². The summed E-state index contributed by atoms with van der Waals surface area (Å²) in [5, 5.41) is 27.1. The average molecular weight is 310 g/mol. The molecular weight excluding hydrogens is 288 g/mol. The number of carbonyl (C=O) groups excluding carboxylic acids is 1. The van der Waals surface area contributed by atoms with Gasteiger partial charge in [-0.25, -0.2) is 0 Å². The van der Waals surface area contributed by atoms with Crippen LogP contribution in [0.15, 0.2) is 0 Å². The van der Waals surface area contributed by atoms with Crippen LogP contribution in [0.4, 0.5) is 5.69 Å². The molecule has 1 aromatic rings. The lowest BCUT2D eigenvalue weighted by atomic mass is 9.86. The first-order chi connectivity index (χ1) is 10.4. The minimum Gasteiger partial charge on any atom is -0.396 e. The number of hydrogen-bond donors (Lipinski definition) is 2. The molecule has 0 atom stereocenters. The predicted molar refractivity (Wildman–Crippen MR) is 79.3 cm³/mol. The molecule has 8 heteroatoms. The summed E-state index contributed by atoms with van der Waals surface area (Å²) in [6, 6.07) is 0.113. The standard InChI is InChI=1S/C14H22N4O4/c1-9-14(18(21)22)10(2)17(16-9)7-13(20)15-12-5-3-11(8-19)4-6-12/h11-12,19H,3-8H2,1-2H3,(H,15,20). The van der Waals surface area contributed by atoms with Gasteiger partial charge in [0.25, 0.3) is 0 Å². The Labute approximate surface area is 128 Å². The molecule has 122 valence electrons. The monoisotopic (exact) mass is 310 g/mol. The molecule has 1 heterocycles. The lowest BCUT2D eigenvalue weighted by molar-refractivity contribution is -0.386. The number of nitrogens with zero attached hydrogens (tertiary/aromatic N) is 3. The molecule has 1 fully saturated rings. The van der Waals surface area contributed by atoms with Gasteiger partial charge in [0, 0.05) is 12.6 Å². The van der Waals surface area contributed by atoms with Crippen LogP contribution in [0.1, 0.15) is 37.1 Å². The molecule has 1 aromatic heterocycles. The maximum absolute atomic E-state index is 12.1. The molecule has 0 saturated heterocycles. The van der Waals surface area contributed by atoms with Gasteiger partial charge < -0.3 is 10.4 Å². The smallest absolute Gasteiger partial charge is 0.312 e. The van der Waals surface area contributed by atoms with E-state index < -0.39 is 4.92 Å². The number of hydrogen-bond acceptors (Lipinski definition) is 5. The first kappa shape index (κ1) is 16.4. The molecule has 0 radical (unpaired) electrons. The van der Waals surface area contributed by atoms with Gasteiger partial charge in [-0.05, 0) is 45.4 Å². The highest BCUT2D eigenvalue weighted by Crippen LogP contribution is 2.24. The molecule has 1 aliphatic carbocycles. The number of amides is 1. The summed E-state index contributed by atoms with van der Waals surface area (Å²) < 4.78 is 1.38. The molecule has 22 heavy (non-hydrogen) atoms. The van der Waals surface area contributed by atoms with E-state index in [2.05, 4.69) is 10.4 Å². The zero-order valence-corrected chi connectivity index (χ0v) is 12.9. The van der Waals surface area contributed by atoms with Gasteiger partial charge in [-0.15, -0.1) is 0 Å². The Morgan fingerprint density at radius 3 is 2.55 bits per heavy atom. The molecular formula is C14H22N4O4. The molecule has 0 aromatic carbocycles. The third kappa shape index (κ3) is 3.62. The summed E-state index contributed by atoms with van der Waals surface area (Å²) in [5.41, 5.74) is 0.677. The number of aromatic nitrogens is 2. The molecule has 1 saturated carbocycles. The molecule has 0 spiro atoms. The van der Waals surface area contributed by atoms with E-state index in [1.54, 1.807) is 13.8 Å². The van der Waals surface area contributed by atoms with E-state index in [-0.39, 0.29) is 30.8 Å². The van der Waals surface area contributed by atoms with Crippen LogP contribution in [0.2, 0.25) is 0 Å². The van der Waals surface area contributed by atoms with E-state index in [1.807, 2.05) is 0 Å². The van der Waals surface area contributed by atoms with Crippen molar-refractivity contribution in [2.75, 3.05) is 6.61 Å². The van der Waals surface area contributed by atoms with Gasteiger partial charge in [-0.2, -0.15) is 5.10 Å². The van der Waals surface area contributed by atoms with Crippen molar-refractivity contribution in [3.63, 3.8) is 0 Å². The second-order valence-electron chi connectivity index (χ2n) is 5.90. The molecule has 2 rings (SSSR count). The normalized spacial score (nSPS) is 21.6. The summed E-state index contributed by atoms with van der Waals surface area (Å²) in [6.45, 7) is 3.35. The first-order valence-electron chi connectivity index (χ1n) is 7.51. The summed E-state index contributed by atoms with van der Waals surface area (Å²) in [6.07, 6.45) is 3.53. The number of rotatable bonds is 5. The highest BCUT2D eigenvalue weighted by molar-refractivity contribution is 5.76. The van der Waals surface area contributed by atoms with E-state index in [4.69, 9.17) is 5.11 Å². The summed E-state index contributed by atoms with van der Waals surface area (Å²) in [7, 11) is 0. The Morgan fingerprint density at radius 1 is 1.41 bits per heavy atom. The summed E-state index contributed by atoms with van der Waals surface area (Å²) in [5.74, 6) is 0.153. The van der Waals surface area contributed by atoms with E-state index in [0.717, 1.165) is 25.7 Å². The molecule has 0 unspecified atom stereocenters. The molecule has 8 nitrogen and oxygen atoms in total. The third-order valence-electron chi connectivity index (χ3n) is 4.29. The van der Waals surface area contributed by atoms with Crippen molar-refractivity contribution >= 4 is 11.6 Å². The van der Waals surface area contributed by atoms with Crippen LogP contribution in [0.25, 0.3) is 0 Å². The fraction of sp³-hybridized carbons (Fsp3) is 0.714. The van der Waals surface area contributed by atoms with E-state index >= 15 is 0 Å². The highest BCUT2D eigenvalue weighted by atomic mass is 16.6. The largest absolute Gasteiger partial charge is 0.396 e. The predicted octanol–water partition coefficient (Wildman–Crippen LogP) is 1.08. The number of carbonyl (C=O) groups is 1. The van der Waals surface area contributed by atoms with Crippen LogP contribution in [0.5, 0.6) is 0 Å². The van der Waals surface area contributed by atoms with Crippen molar-refractivity contribution in [1.29, 1.82) is 0 Å². The number of aryl methyl sites for hydroxylation is 1. The SMILES string of the molecule is Cc1nn(CC(=O)NC2CCC(CO)CC2)c(C)c1[N+](=O)[O-]. The van der Waals surface area contributed by atoms with Gasteiger partial charge in [0.15, 0.2) is 0 Å². The number of nitro groups is 1. The van der Waals surface area contributed by atoms with Crippen LogP contribution in [0.3, 0.4) is 0 Å². The van der Waals surface area contributed by atoms with Crippen molar-refractivity contribution in [2.45, 2.75) is 52.1 Å². The first-order valence-corrected chi connectivity index (χ1v) is 7.51. The topological polar surface area (TPSA) is 110 Å². The quantitative estimate of drug-likeness (QED) is 0.624. The summed E-state index contributed by atoms with van der Waals surface area (Å²) >= 11 is 0. The maximum Gasteiger partial charge on any atom is 0.312 e. The Hall–Kier alpha value is -1.96. The van der Waals surface area contributed by atoms with Crippen LogP contribution in [-0.4, -0.2) is 38.4 Å². The zero-order valence-electron chi connectivity index (χ0n) is 12.9. The lowest BCUT2D eigenvalue weighted by Crippen LogP contribution is -2.40. The molecule has 1 amide bonds. The summed E-state index contributed by atoms with van der Waals surface area (Å²) in [4.78, 5) is 22.6.